The van der Waals surface area contributed by atoms with Crippen molar-refractivity contribution in [2.24, 2.45) is 0 Å². The van der Waals surface area contributed by atoms with Crippen LogP contribution in [-0.2, 0) is 5.33 Å². The zero-order chi connectivity index (χ0) is 13.9. The molecule has 0 unspecified atom stereocenters. The van der Waals surface area contributed by atoms with Crippen molar-refractivity contribution in [2.75, 3.05) is 7.11 Å². The average Bonchev–Trinajstić information content (AvgIpc) is 2.25. The molecule has 0 saturated heterocycles. The van der Waals surface area contributed by atoms with Gasteiger partial charge in [-0.2, -0.15) is 0 Å². The number of rotatable bonds is 4. The van der Waals surface area contributed by atoms with Crippen molar-refractivity contribution in [1.82, 2.24) is 4.98 Å². The molecule has 0 aliphatic heterocycles. The van der Waals surface area contributed by atoms with Crippen LogP contribution < -0.4 is 9.47 Å². The molecule has 0 amide bonds. The number of hydrogen-bond acceptors (Lipinski definition) is 3. The highest BCUT2D eigenvalue weighted by molar-refractivity contribution is 9.08. The summed E-state index contributed by atoms with van der Waals surface area (Å²) in [4.78, 5) is 3.44. The first-order chi connectivity index (χ1) is 8.28. The number of ether oxygens (including phenoxy) is 2. The van der Waals surface area contributed by atoms with Crippen LogP contribution in [0, 0.1) is 0 Å². The fourth-order valence-electron chi connectivity index (χ4n) is 1.20. The van der Waals surface area contributed by atoms with E-state index in [-0.39, 0.29) is 11.0 Å². The molecule has 1 heterocycles. The summed E-state index contributed by atoms with van der Waals surface area (Å²) in [7, 11) is 0.958. The van der Waals surface area contributed by atoms with Crippen LogP contribution in [0.15, 0.2) is 6.07 Å². The van der Waals surface area contributed by atoms with Gasteiger partial charge in [0.1, 0.15) is 0 Å². The van der Waals surface area contributed by atoms with E-state index < -0.39 is 30.0 Å². The largest absolute Gasteiger partial charge is 0.574 e. The Bertz CT molecular complexity index is 424. The van der Waals surface area contributed by atoms with Crippen LogP contribution in [0.25, 0.3) is 0 Å². The van der Waals surface area contributed by atoms with Gasteiger partial charge < -0.3 is 9.47 Å². The highest BCUT2D eigenvalue weighted by atomic mass is 79.9. The number of nitrogens with zero attached hydrogens (tertiary/aromatic N) is 1. The van der Waals surface area contributed by atoms with E-state index in [1.165, 1.54) is 0 Å². The van der Waals surface area contributed by atoms with E-state index in [2.05, 4.69) is 30.4 Å². The Morgan fingerprint density at radius 2 is 2.00 bits per heavy atom. The second-order valence-electron chi connectivity index (χ2n) is 3.02. The molecule has 0 aromatic carbocycles. The third kappa shape index (κ3) is 3.69. The van der Waals surface area contributed by atoms with Gasteiger partial charge in [0.25, 0.3) is 12.3 Å². The number of halogens is 6. The summed E-state index contributed by atoms with van der Waals surface area (Å²) in [6.07, 6.45) is -8.04. The van der Waals surface area contributed by atoms with Gasteiger partial charge in [0.05, 0.1) is 18.4 Å². The standard InChI is InChI=1S/C9H7BrF5NO2/c1-17-6-5(7(11)12)2-4(3-10)16-8(6)18-9(13,14)15/h2,7H,3H2,1H3. The van der Waals surface area contributed by atoms with Gasteiger partial charge in [-0.3, -0.25) is 0 Å². The predicted molar refractivity (Wildman–Crippen MR) is 55.1 cm³/mol. The van der Waals surface area contributed by atoms with Crippen LogP contribution in [0.5, 0.6) is 11.6 Å². The Labute approximate surface area is 107 Å². The van der Waals surface area contributed by atoms with Crippen LogP contribution in [0.2, 0.25) is 0 Å². The summed E-state index contributed by atoms with van der Waals surface area (Å²) < 4.78 is 69.8. The number of alkyl halides is 6. The van der Waals surface area contributed by atoms with Crippen molar-refractivity contribution in [3.8, 4) is 11.6 Å². The van der Waals surface area contributed by atoms with Crippen molar-refractivity contribution >= 4 is 15.9 Å². The van der Waals surface area contributed by atoms with E-state index in [1.54, 1.807) is 0 Å². The maximum absolute atomic E-state index is 12.7. The van der Waals surface area contributed by atoms with E-state index in [0.29, 0.717) is 0 Å². The summed E-state index contributed by atoms with van der Waals surface area (Å²) in [5, 5.41) is 0.00489. The minimum atomic E-state index is -5.04. The summed E-state index contributed by atoms with van der Waals surface area (Å²) in [5.41, 5.74) is -0.730. The maximum atomic E-state index is 12.7. The molecule has 0 fully saturated rings. The van der Waals surface area contributed by atoms with Gasteiger partial charge in [-0.05, 0) is 6.07 Å². The highest BCUT2D eigenvalue weighted by Crippen LogP contribution is 2.38. The second kappa shape index (κ2) is 5.68. The van der Waals surface area contributed by atoms with E-state index in [0.717, 1.165) is 13.2 Å². The molecular weight excluding hydrogens is 329 g/mol. The van der Waals surface area contributed by atoms with E-state index >= 15 is 0 Å². The van der Waals surface area contributed by atoms with E-state index in [4.69, 9.17) is 0 Å². The number of hydrogen-bond donors (Lipinski definition) is 0. The average molecular weight is 336 g/mol. The second-order valence-corrected chi connectivity index (χ2v) is 3.58. The SMILES string of the molecule is COc1c(C(F)F)cc(CBr)nc1OC(F)(F)F. The Kier molecular flexibility index (Phi) is 4.71. The molecule has 0 radical (unpaired) electrons. The third-order valence-corrected chi connectivity index (χ3v) is 2.39. The van der Waals surface area contributed by atoms with E-state index in [1.807, 2.05) is 0 Å². The summed E-state index contributed by atoms with van der Waals surface area (Å²) in [6.45, 7) is 0. The van der Waals surface area contributed by atoms with Crippen molar-refractivity contribution < 1.29 is 31.4 Å². The van der Waals surface area contributed by atoms with Gasteiger partial charge in [0.15, 0.2) is 5.75 Å². The molecular formula is C9H7BrF5NO2. The topological polar surface area (TPSA) is 31.4 Å². The molecule has 1 aromatic rings. The molecule has 18 heavy (non-hydrogen) atoms. The first-order valence-electron chi connectivity index (χ1n) is 4.46. The normalized spacial score (nSPS) is 11.8. The number of methoxy groups -OCH3 is 1. The fraction of sp³-hybridized carbons (Fsp3) is 0.444. The quantitative estimate of drug-likeness (QED) is 0.619. The van der Waals surface area contributed by atoms with Gasteiger partial charge in [0.2, 0.25) is 0 Å². The number of aromatic nitrogens is 1. The minimum Gasteiger partial charge on any atom is -0.491 e. The molecule has 0 atom stereocenters. The Hall–Kier alpha value is -1.12. The zero-order valence-electron chi connectivity index (χ0n) is 8.89. The van der Waals surface area contributed by atoms with Gasteiger partial charge in [0, 0.05) is 5.33 Å². The van der Waals surface area contributed by atoms with E-state index in [9.17, 15) is 22.0 Å². The van der Waals surface area contributed by atoms with Gasteiger partial charge in [-0.1, -0.05) is 15.9 Å². The van der Waals surface area contributed by atoms with Gasteiger partial charge in [-0.15, -0.1) is 13.2 Å². The molecule has 102 valence electrons. The van der Waals surface area contributed by atoms with Crippen LogP contribution in [0.1, 0.15) is 17.7 Å². The van der Waals surface area contributed by atoms with Crippen LogP contribution in [0.3, 0.4) is 0 Å². The monoisotopic (exact) mass is 335 g/mol. The molecule has 1 rings (SSSR count). The molecule has 3 nitrogen and oxygen atoms in total. The van der Waals surface area contributed by atoms with Gasteiger partial charge >= 0.3 is 6.36 Å². The molecule has 0 bridgehead atoms. The molecule has 0 N–H and O–H groups in total. The predicted octanol–water partition coefficient (Wildman–Crippen LogP) is 3.82. The third-order valence-electron chi connectivity index (χ3n) is 1.81. The minimum absolute atomic E-state index is 0.00489. The first-order valence-corrected chi connectivity index (χ1v) is 5.58. The summed E-state index contributed by atoms with van der Waals surface area (Å²) in [6, 6.07) is 0.946. The molecule has 1 aromatic heterocycles. The highest BCUT2D eigenvalue weighted by Gasteiger charge is 2.35. The lowest BCUT2D eigenvalue weighted by Crippen LogP contribution is -2.19. The fourth-order valence-corrected chi connectivity index (χ4v) is 1.48. The smallest absolute Gasteiger partial charge is 0.491 e. The van der Waals surface area contributed by atoms with Crippen molar-refractivity contribution in [3.05, 3.63) is 17.3 Å². The lowest BCUT2D eigenvalue weighted by Gasteiger charge is -2.15. The Morgan fingerprint density at radius 1 is 1.39 bits per heavy atom. The summed E-state index contributed by atoms with van der Waals surface area (Å²) in [5.74, 6) is -1.76. The molecule has 0 saturated carbocycles. The zero-order valence-corrected chi connectivity index (χ0v) is 10.5. The van der Waals surface area contributed by atoms with Crippen molar-refractivity contribution in [1.29, 1.82) is 0 Å². The lowest BCUT2D eigenvalue weighted by atomic mass is 10.2. The van der Waals surface area contributed by atoms with Crippen LogP contribution in [-0.4, -0.2) is 18.5 Å². The molecule has 0 aliphatic carbocycles. The van der Waals surface area contributed by atoms with Crippen LogP contribution >= 0.6 is 15.9 Å². The first kappa shape index (κ1) is 14.9. The lowest BCUT2D eigenvalue weighted by molar-refractivity contribution is -0.276. The Balaban J connectivity index is 3.33. The molecule has 0 aliphatic rings. The van der Waals surface area contributed by atoms with Gasteiger partial charge in [-0.25, -0.2) is 13.8 Å². The number of pyridine rings is 1. The Morgan fingerprint density at radius 3 is 2.39 bits per heavy atom. The van der Waals surface area contributed by atoms with Crippen molar-refractivity contribution in [3.63, 3.8) is 0 Å². The maximum Gasteiger partial charge on any atom is 0.574 e. The molecule has 0 spiro atoms. The van der Waals surface area contributed by atoms with Crippen molar-refractivity contribution in [2.45, 2.75) is 18.1 Å². The molecule has 9 heteroatoms. The summed E-state index contributed by atoms with van der Waals surface area (Å²) >= 11 is 2.92. The van der Waals surface area contributed by atoms with Crippen LogP contribution in [0.4, 0.5) is 22.0 Å².